The first-order chi connectivity index (χ1) is 11.6. The van der Waals surface area contributed by atoms with Crippen molar-refractivity contribution in [1.29, 1.82) is 0 Å². The Morgan fingerprint density at radius 3 is 3.00 bits per heavy atom. The van der Waals surface area contributed by atoms with Crippen LogP contribution >= 0.6 is 11.3 Å². The first-order valence-corrected chi connectivity index (χ1v) is 8.80. The Morgan fingerprint density at radius 2 is 2.29 bits per heavy atom. The fourth-order valence-corrected chi connectivity index (χ4v) is 3.35. The van der Waals surface area contributed by atoms with Crippen LogP contribution in [0.25, 0.3) is 0 Å². The molecule has 126 valence electrons. The zero-order valence-electron chi connectivity index (χ0n) is 13.4. The molecule has 2 aromatic rings. The van der Waals surface area contributed by atoms with Crippen LogP contribution in [0.2, 0.25) is 0 Å². The molecule has 0 aliphatic carbocycles. The van der Waals surface area contributed by atoms with Gasteiger partial charge in [-0.05, 0) is 46.5 Å². The number of carbonyl (C=O) groups excluding carboxylic acids is 2. The molecule has 2 heterocycles. The molecule has 0 unspecified atom stereocenters. The molecule has 1 saturated heterocycles. The molecule has 0 spiro atoms. The zero-order valence-corrected chi connectivity index (χ0v) is 14.2. The Kier molecular flexibility index (Phi) is 5.00. The molecule has 4 amide bonds. The zero-order chi connectivity index (χ0) is 16.9. The molecule has 1 atom stereocenters. The van der Waals surface area contributed by atoms with E-state index in [1.165, 1.54) is 5.56 Å². The number of benzene rings is 1. The van der Waals surface area contributed by atoms with Crippen LogP contribution in [0.5, 0.6) is 0 Å². The monoisotopic (exact) mass is 344 g/mol. The summed E-state index contributed by atoms with van der Waals surface area (Å²) in [6.45, 7) is 3.91. The average Bonchev–Trinajstić information content (AvgIpc) is 3.24. The number of anilines is 2. The first-order valence-electron chi connectivity index (χ1n) is 7.86. The second-order valence-electron chi connectivity index (χ2n) is 5.73. The highest BCUT2D eigenvalue weighted by Crippen LogP contribution is 2.21. The Hall–Kier alpha value is -2.54. The molecule has 6 nitrogen and oxygen atoms in total. The van der Waals surface area contributed by atoms with Crippen molar-refractivity contribution in [3.05, 3.63) is 46.7 Å². The van der Waals surface area contributed by atoms with Gasteiger partial charge in [-0.3, -0.25) is 4.90 Å². The van der Waals surface area contributed by atoms with Gasteiger partial charge in [0, 0.05) is 31.0 Å². The SMILES string of the molecule is C[C@@H](CNC(=O)Nc1cccc(N2CCNC2=O)c1)c1ccsc1. The lowest BCUT2D eigenvalue weighted by Gasteiger charge is -2.16. The van der Waals surface area contributed by atoms with E-state index in [9.17, 15) is 9.59 Å². The second kappa shape index (κ2) is 7.35. The summed E-state index contributed by atoms with van der Waals surface area (Å²) in [6.07, 6.45) is 0. The third-order valence-electron chi connectivity index (χ3n) is 3.95. The molecule has 7 heteroatoms. The largest absolute Gasteiger partial charge is 0.337 e. The molecule has 1 fully saturated rings. The van der Waals surface area contributed by atoms with Crippen LogP contribution in [-0.2, 0) is 0 Å². The quantitative estimate of drug-likeness (QED) is 0.779. The molecular weight excluding hydrogens is 324 g/mol. The van der Waals surface area contributed by atoms with Crippen molar-refractivity contribution >= 4 is 34.8 Å². The molecule has 0 saturated carbocycles. The van der Waals surface area contributed by atoms with Crippen LogP contribution in [0.1, 0.15) is 18.4 Å². The minimum atomic E-state index is -0.250. The summed E-state index contributed by atoms with van der Waals surface area (Å²) in [5, 5.41) is 12.6. The fourth-order valence-electron chi connectivity index (χ4n) is 2.56. The molecule has 3 rings (SSSR count). The molecule has 1 aliphatic heterocycles. The van der Waals surface area contributed by atoms with Crippen LogP contribution in [-0.4, -0.2) is 31.7 Å². The molecule has 24 heavy (non-hydrogen) atoms. The summed E-state index contributed by atoms with van der Waals surface area (Å²) in [6, 6.07) is 8.99. The third kappa shape index (κ3) is 3.86. The van der Waals surface area contributed by atoms with Gasteiger partial charge in [-0.25, -0.2) is 9.59 Å². The van der Waals surface area contributed by atoms with E-state index in [0.717, 1.165) is 5.69 Å². The summed E-state index contributed by atoms with van der Waals surface area (Å²) in [7, 11) is 0. The van der Waals surface area contributed by atoms with Crippen molar-refractivity contribution in [3.63, 3.8) is 0 Å². The van der Waals surface area contributed by atoms with Crippen molar-refractivity contribution in [2.24, 2.45) is 0 Å². The van der Waals surface area contributed by atoms with E-state index in [-0.39, 0.29) is 18.0 Å². The molecular formula is C17H20N4O2S. The van der Waals surface area contributed by atoms with Crippen LogP contribution < -0.4 is 20.9 Å². The lowest BCUT2D eigenvalue weighted by Crippen LogP contribution is -2.32. The van der Waals surface area contributed by atoms with Crippen molar-refractivity contribution in [3.8, 4) is 0 Å². The minimum Gasteiger partial charge on any atom is -0.337 e. The predicted molar refractivity (Wildman–Crippen MR) is 96.9 cm³/mol. The van der Waals surface area contributed by atoms with Crippen LogP contribution in [0.3, 0.4) is 0 Å². The topological polar surface area (TPSA) is 73.5 Å². The van der Waals surface area contributed by atoms with Crippen LogP contribution in [0, 0.1) is 0 Å². The van der Waals surface area contributed by atoms with Gasteiger partial charge in [0.05, 0.1) is 0 Å². The van der Waals surface area contributed by atoms with Crippen LogP contribution in [0.4, 0.5) is 21.0 Å². The van der Waals surface area contributed by atoms with Crippen molar-refractivity contribution < 1.29 is 9.59 Å². The summed E-state index contributed by atoms with van der Waals surface area (Å²) in [5.41, 5.74) is 2.66. The Bertz CT molecular complexity index is 717. The maximum Gasteiger partial charge on any atom is 0.321 e. The molecule has 0 radical (unpaired) electrons. The van der Waals surface area contributed by atoms with Gasteiger partial charge in [-0.2, -0.15) is 11.3 Å². The number of carbonyl (C=O) groups is 2. The lowest BCUT2D eigenvalue weighted by atomic mass is 10.1. The number of amides is 4. The molecule has 1 aromatic carbocycles. The van der Waals surface area contributed by atoms with Crippen molar-refractivity contribution in [1.82, 2.24) is 10.6 Å². The summed E-state index contributed by atoms with van der Waals surface area (Å²) in [4.78, 5) is 25.4. The number of thiophene rings is 1. The molecule has 0 bridgehead atoms. The Morgan fingerprint density at radius 1 is 1.42 bits per heavy atom. The Labute approximate surface area is 144 Å². The molecule has 1 aromatic heterocycles. The number of hydrogen-bond donors (Lipinski definition) is 3. The fraction of sp³-hybridized carbons (Fsp3) is 0.294. The number of nitrogens with one attached hydrogen (secondary N) is 3. The third-order valence-corrected chi connectivity index (χ3v) is 4.65. The molecule has 1 aliphatic rings. The maximum absolute atomic E-state index is 12.1. The van der Waals surface area contributed by atoms with Gasteiger partial charge in [-0.15, -0.1) is 0 Å². The Balaban J connectivity index is 1.55. The van der Waals surface area contributed by atoms with Gasteiger partial charge >= 0.3 is 12.1 Å². The lowest BCUT2D eigenvalue weighted by molar-refractivity contribution is 0.251. The number of rotatable bonds is 5. The van der Waals surface area contributed by atoms with Gasteiger partial charge < -0.3 is 16.0 Å². The highest BCUT2D eigenvalue weighted by Gasteiger charge is 2.21. The van der Waals surface area contributed by atoms with Gasteiger partial charge in [-0.1, -0.05) is 13.0 Å². The predicted octanol–water partition coefficient (Wildman–Crippen LogP) is 3.20. The van der Waals surface area contributed by atoms with E-state index < -0.39 is 0 Å². The summed E-state index contributed by atoms with van der Waals surface area (Å²) >= 11 is 1.65. The number of hydrogen-bond acceptors (Lipinski definition) is 3. The second-order valence-corrected chi connectivity index (χ2v) is 6.51. The summed E-state index contributed by atoms with van der Waals surface area (Å²) < 4.78 is 0. The van der Waals surface area contributed by atoms with Gasteiger partial charge in [0.15, 0.2) is 0 Å². The highest BCUT2D eigenvalue weighted by atomic mass is 32.1. The van der Waals surface area contributed by atoms with Crippen molar-refractivity contribution in [2.75, 3.05) is 29.9 Å². The van der Waals surface area contributed by atoms with Gasteiger partial charge in [0.1, 0.15) is 0 Å². The number of nitrogens with zero attached hydrogens (tertiary/aromatic N) is 1. The van der Waals surface area contributed by atoms with Crippen molar-refractivity contribution in [2.45, 2.75) is 12.8 Å². The van der Waals surface area contributed by atoms with E-state index in [1.807, 2.05) is 17.5 Å². The minimum absolute atomic E-state index is 0.110. The average molecular weight is 344 g/mol. The maximum atomic E-state index is 12.1. The summed E-state index contributed by atoms with van der Waals surface area (Å²) in [5.74, 6) is 0.265. The van der Waals surface area contributed by atoms with E-state index in [0.29, 0.717) is 25.3 Å². The van der Waals surface area contributed by atoms with E-state index >= 15 is 0 Å². The van der Waals surface area contributed by atoms with Crippen LogP contribution in [0.15, 0.2) is 41.1 Å². The standard InChI is InChI=1S/C17H20N4O2S/c1-12(13-5-8-24-11-13)10-19-16(22)20-14-3-2-4-15(9-14)21-7-6-18-17(21)23/h2-5,8-9,11-12H,6-7,10H2,1H3,(H,18,23)(H2,19,20,22)/t12-/m0/s1. The normalized spacial score (nSPS) is 15.0. The van der Waals surface area contributed by atoms with E-state index in [4.69, 9.17) is 0 Å². The smallest absolute Gasteiger partial charge is 0.321 e. The van der Waals surface area contributed by atoms with Gasteiger partial charge in [0.25, 0.3) is 0 Å². The molecule has 3 N–H and O–H groups in total. The van der Waals surface area contributed by atoms with E-state index in [2.05, 4.69) is 34.3 Å². The van der Waals surface area contributed by atoms with Gasteiger partial charge in [0.2, 0.25) is 0 Å². The first kappa shape index (κ1) is 16.3. The number of urea groups is 2. The van der Waals surface area contributed by atoms with E-state index in [1.54, 1.807) is 28.4 Å². The highest BCUT2D eigenvalue weighted by molar-refractivity contribution is 7.07.